The smallest absolute Gasteiger partial charge is 0.193 e. The standard InChI is InChI=1S/C17H36N4/c1-6-7-12-16-21(5)17(18-2)19-14-11-9-8-10-13-15-20(3)4/h6H,1,7-16H2,2-5H3,(H,18,19). The molecule has 21 heavy (non-hydrogen) atoms. The van der Waals surface area contributed by atoms with E-state index in [2.05, 4.69) is 47.8 Å². The van der Waals surface area contributed by atoms with Crippen LogP contribution in [0.4, 0.5) is 0 Å². The molecule has 0 saturated carbocycles. The average molecular weight is 297 g/mol. The average Bonchev–Trinajstić information content (AvgIpc) is 2.45. The first-order chi connectivity index (χ1) is 10.1. The van der Waals surface area contributed by atoms with Gasteiger partial charge in [0.25, 0.3) is 0 Å². The van der Waals surface area contributed by atoms with Crippen molar-refractivity contribution in [2.24, 2.45) is 4.99 Å². The van der Waals surface area contributed by atoms with Crippen LogP contribution in [0.1, 0.15) is 44.9 Å². The van der Waals surface area contributed by atoms with Gasteiger partial charge in [0.05, 0.1) is 0 Å². The lowest BCUT2D eigenvalue weighted by atomic mass is 10.1. The van der Waals surface area contributed by atoms with E-state index < -0.39 is 0 Å². The van der Waals surface area contributed by atoms with E-state index in [1.807, 2.05) is 13.1 Å². The van der Waals surface area contributed by atoms with E-state index in [-0.39, 0.29) is 0 Å². The fourth-order valence-electron chi connectivity index (χ4n) is 2.25. The quantitative estimate of drug-likeness (QED) is 0.260. The molecule has 0 aromatic heterocycles. The Morgan fingerprint density at radius 1 is 1.00 bits per heavy atom. The van der Waals surface area contributed by atoms with Gasteiger partial charge in [-0.1, -0.05) is 25.3 Å². The summed E-state index contributed by atoms with van der Waals surface area (Å²) in [6.07, 6.45) is 10.7. The first kappa shape index (κ1) is 20.0. The molecule has 0 aromatic carbocycles. The summed E-state index contributed by atoms with van der Waals surface area (Å²) in [5.41, 5.74) is 0. The van der Waals surface area contributed by atoms with Crippen molar-refractivity contribution >= 4 is 5.96 Å². The van der Waals surface area contributed by atoms with Gasteiger partial charge in [0.2, 0.25) is 0 Å². The second-order valence-corrected chi connectivity index (χ2v) is 5.90. The minimum absolute atomic E-state index is 1.01. The van der Waals surface area contributed by atoms with Crippen LogP contribution in [-0.2, 0) is 0 Å². The lowest BCUT2D eigenvalue weighted by Gasteiger charge is -2.21. The van der Waals surface area contributed by atoms with Crippen molar-refractivity contribution in [2.45, 2.75) is 44.9 Å². The molecule has 0 aliphatic heterocycles. The van der Waals surface area contributed by atoms with E-state index in [1.165, 1.54) is 38.6 Å². The number of hydrogen-bond acceptors (Lipinski definition) is 2. The zero-order valence-corrected chi connectivity index (χ0v) is 14.7. The van der Waals surface area contributed by atoms with Crippen LogP contribution in [0.15, 0.2) is 17.6 Å². The van der Waals surface area contributed by atoms with Gasteiger partial charge in [-0.05, 0) is 46.3 Å². The molecule has 4 heteroatoms. The molecule has 0 aromatic rings. The monoisotopic (exact) mass is 296 g/mol. The third kappa shape index (κ3) is 12.4. The summed E-state index contributed by atoms with van der Waals surface area (Å²) in [7, 11) is 8.23. The molecule has 0 radical (unpaired) electrons. The Morgan fingerprint density at radius 2 is 1.67 bits per heavy atom. The van der Waals surface area contributed by atoms with Crippen LogP contribution in [0.5, 0.6) is 0 Å². The molecule has 0 aliphatic carbocycles. The second-order valence-electron chi connectivity index (χ2n) is 5.90. The van der Waals surface area contributed by atoms with Crippen molar-refractivity contribution in [3.8, 4) is 0 Å². The molecule has 0 fully saturated rings. The van der Waals surface area contributed by atoms with Gasteiger partial charge in [0.15, 0.2) is 5.96 Å². The number of rotatable bonds is 12. The van der Waals surface area contributed by atoms with Gasteiger partial charge in [-0.3, -0.25) is 4.99 Å². The van der Waals surface area contributed by atoms with Crippen molar-refractivity contribution < 1.29 is 0 Å². The Labute approximate surface area is 132 Å². The summed E-state index contributed by atoms with van der Waals surface area (Å²) in [4.78, 5) is 8.79. The van der Waals surface area contributed by atoms with E-state index in [1.54, 1.807) is 0 Å². The van der Waals surface area contributed by atoms with E-state index in [9.17, 15) is 0 Å². The molecule has 1 N–H and O–H groups in total. The topological polar surface area (TPSA) is 30.9 Å². The third-order valence-corrected chi connectivity index (χ3v) is 3.54. The van der Waals surface area contributed by atoms with Gasteiger partial charge in [-0.15, -0.1) is 6.58 Å². The molecule has 0 heterocycles. The number of hydrogen-bond donors (Lipinski definition) is 1. The Kier molecular flexibility index (Phi) is 13.2. The first-order valence-electron chi connectivity index (χ1n) is 8.29. The molecule has 0 rings (SSSR count). The maximum Gasteiger partial charge on any atom is 0.193 e. The Morgan fingerprint density at radius 3 is 2.29 bits per heavy atom. The van der Waals surface area contributed by atoms with Crippen LogP contribution >= 0.6 is 0 Å². The Bertz CT molecular complexity index is 274. The maximum absolute atomic E-state index is 4.33. The summed E-state index contributed by atoms with van der Waals surface area (Å²) in [5.74, 6) is 1.01. The molecule has 0 spiro atoms. The Hall–Kier alpha value is -1.03. The van der Waals surface area contributed by atoms with Gasteiger partial charge in [-0.2, -0.15) is 0 Å². The van der Waals surface area contributed by atoms with Crippen molar-refractivity contribution in [3.63, 3.8) is 0 Å². The van der Waals surface area contributed by atoms with Gasteiger partial charge in [0, 0.05) is 27.2 Å². The molecule has 0 aliphatic rings. The lowest BCUT2D eigenvalue weighted by molar-refractivity contribution is 0.389. The zero-order valence-electron chi connectivity index (χ0n) is 14.7. The number of aliphatic imine (C=N–C) groups is 1. The molecule has 4 nitrogen and oxygen atoms in total. The van der Waals surface area contributed by atoms with Crippen LogP contribution < -0.4 is 5.32 Å². The summed E-state index contributed by atoms with van der Waals surface area (Å²) in [6, 6.07) is 0. The predicted octanol–water partition coefficient (Wildman–Crippen LogP) is 2.97. The highest BCUT2D eigenvalue weighted by atomic mass is 15.3. The zero-order chi connectivity index (χ0) is 15.9. The highest BCUT2D eigenvalue weighted by Gasteiger charge is 2.03. The van der Waals surface area contributed by atoms with Gasteiger partial charge >= 0.3 is 0 Å². The fraction of sp³-hybridized carbons (Fsp3) is 0.824. The SMILES string of the molecule is C=CCCCN(C)C(=NC)NCCCCCCCN(C)C. The summed E-state index contributed by atoms with van der Waals surface area (Å²) in [5, 5.41) is 3.45. The van der Waals surface area contributed by atoms with Gasteiger partial charge < -0.3 is 15.1 Å². The minimum atomic E-state index is 1.01. The minimum Gasteiger partial charge on any atom is -0.356 e. The number of allylic oxidation sites excluding steroid dienone is 1. The van der Waals surface area contributed by atoms with Gasteiger partial charge in [-0.25, -0.2) is 0 Å². The molecular formula is C17H36N4. The second kappa shape index (κ2) is 13.9. The van der Waals surface area contributed by atoms with E-state index in [0.717, 1.165) is 31.9 Å². The molecule has 124 valence electrons. The highest BCUT2D eigenvalue weighted by Crippen LogP contribution is 2.03. The molecule has 0 atom stereocenters. The summed E-state index contributed by atoms with van der Waals surface area (Å²) in [6.45, 7) is 7.01. The van der Waals surface area contributed by atoms with Crippen LogP contribution in [0.25, 0.3) is 0 Å². The number of nitrogens with zero attached hydrogens (tertiary/aromatic N) is 3. The van der Waals surface area contributed by atoms with Crippen LogP contribution in [0.3, 0.4) is 0 Å². The van der Waals surface area contributed by atoms with Crippen LogP contribution in [0, 0.1) is 0 Å². The third-order valence-electron chi connectivity index (χ3n) is 3.54. The van der Waals surface area contributed by atoms with Crippen molar-refractivity contribution in [3.05, 3.63) is 12.7 Å². The lowest BCUT2D eigenvalue weighted by Crippen LogP contribution is -2.39. The molecule has 0 bridgehead atoms. The largest absolute Gasteiger partial charge is 0.356 e. The molecular weight excluding hydrogens is 260 g/mol. The molecule has 0 saturated heterocycles. The van der Waals surface area contributed by atoms with E-state index in [0.29, 0.717) is 0 Å². The molecule has 0 unspecified atom stereocenters. The van der Waals surface area contributed by atoms with Crippen LogP contribution in [0.2, 0.25) is 0 Å². The summed E-state index contributed by atoms with van der Waals surface area (Å²) < 4.78 is 0. The van der Waals surface area contributed by atoms with Crippen molar-refractivity contribution in [1.29, 1.82) is 0 Å². The molecule has 0 amide bonds. The first-order valence-corrected chi connectivity index (χ1v) is 8.29. The normalized spacial score (nSPS) is 11.8. The summed E-state index contributed by atoms with van der Waals surface area (Å²) >= 11 is 0. The van der Waals surface area contributed by atoms with Gasteiger partial charge in [0.1, 0.15) is 0 Å². The predicted molar refractivity (Wildman–Crippen MR) is 95.1 cm³/mol. The van der Waals surface area contributed by atoms with E-state index >= 15 is 0 Å². The fourth-order valence-corrected chi connectivity index (χ4v) is 2.25. The van der Waals surface area contributed by atoms with Crippen molar-refractivity contribution in [1.82, 2.24) is 15.1 Å². The van der Waals surface area contributed by atoms with Crippen molar-refractivity contribution in [2.75, 3.05) is 47.8 Å². The Balaban J connectivity index is 3.57. The number of nitrogens with one attached hydrogen (secondary N) is 1. The van der Waals surface area contributed by atoms with Crippen LogP contribution in [-0.4, -0.2) is 63.6 Å². The number of unbranched alkanes of at least 4 members (excludes halogenated alkanes) is 5. The van der Waals surface area contributed by atoms with E-state index in [4.69, 9.17) is 0 Å². The highest BCUT2D eigenvalue weighted by molar-refractivity contribution is 5.79. The maximum atomic E-state index is 4.33. The number of guanidine groups is 1.